The van der Waals surface area contributed by atoms with Crippen molar-refractivity contribution in [2.24, 2.45) is 5.73 Å². The number of hydrogen-bond acceptors (Lipinski definition) is 4. The zero-order valence-electron chi connectivity index (χ0n) is 11.5. The SMILES string of the molecule is CC(C)(C)Oc1ccc(C[C@@H](N)CS(=O)(=O)O)cc1. The van der Waals surface area contributed by atoms with Crippen LogP contribution < -0.4 is 10.5 Å². The summed E-state index contributed by atoms with van der Waals surface area (Å²) >= 11 is 0. The van der Waals surface area contributed by atoms with Crippen LogP contribution in [0.2, 0.25) is 0 Å². The molecule has 0 spiro atoms. The lowest BCUT2D eigenvalue weighted by atomic mass is 10.1. The third-order valence-corrected chi connectivity index (χ3v) is 3.12. The van der Waals surface area contributed by atoms with Crippen molar-refractivity contribution in [3.8, 4) is 5.75 Å². The molecule has 0 heterocycles. The highest BCUT2D eigenvalue weighted by Gasteiger charge is 2.14. The molecular weight excluding hydrogens is 266 g/mol. The maximum absolute atomic E-state index is 10.7. The average Bonchev–Trinajstić information content (AvgIpc) is 2.15. The molecule has 0 aromatic heterocycles. The Bertz CT molecular complexity index is 502. The zero-order chi connectivity index (χ0) is 14.7. The van der Waals surface area contributed by atoms with Gasteiger partial charge < -0.3 is 10.5 Å². The van der Waals surface area contributed by atoms with Crippen LogP contribution in [0.3, 0.4) is 0 Å². The van der Waals surface area contributed by atoms with Gasteiger partial charge in [-0.15, -0.1) is 0 Å². The van der Waals surface area contributed by atoms with E-state index >= 15 is 0 Å². The molecule has 0 aliphatic carbocycles. The smallest absolute Gasteiger partial charge is 0.266 e. The predicted molar refractivity (Wildman–Crippen MR) is 74.9 cm³/mol. The van der Waals surface area contributed by atoms with E-state index in [0.29, 0.717) is 6.42 Å². The third kappa shape index (κ3) is 7.15. The van der Waals surface area contributed by atoms with Crippen molar-refractivity contribution in [1.82, 2.24) is 0 Å². The first kappa shape index (κ1) is 15.9. The van der Waals surface area contributed by atoms with Crippen molar-refractivity contribution in [3.05, 3.63) is 29.8 Å². The molecule has 108 valence electrons. The Balaban J connectivity index is 2.62. The molecule has 0 amide bonds. The van der Waals surface area contributed by atoms with Gasteiger partial charge in [0, 0.05) is 6.04 Å². The second kappa shape index (κ2) is 5.90. The molecule has 6 heteroatoms. The van der Waals surface area contributed by atoms with Crippen LogP contribution in [0, 0.1) is 0 Å². The minimum absolute atomic E-state index is 0.261. The Morgan fingerprint density at radius 3 is 2.21 bits per heavy atom. The molecule has 1 aromatic carbocycles. The molecule has 0 saturated carbocycles. The fourth-order valence-electron chi connectivity index (χ4n) is 1.68. The lowest BCUT2D eigenvalue weighted by molar-refractivity contribution is 0.131. The molecule has 1 aromatic rings. The van der Waals surface area contributed by atoms with Gasteiger partial charge in [-0.3, -0.25) is 4.55 Å². The summed E-state index contributed by atoms with van der Waals surface area (Å²) in [5.41, 5.74) is 6.30. The van der Waals surface area contributed by atoms with Crippen LogP contribution in [0.5, 0.6) is 5.75 Å². The van der Waals surface area contributed by atoms with Crippen LogP contribution in [0.4, 0.5) is 0 Å². The van der Waals surface area contributed by atoms with Crippen molar-refractivity contribution in [3.63, 3.8) is 0 Å². The van der Waals surface area contributed by atoms with Gasteiger partial charge in [0.15, 0.2) is 0 Å². The molecule has 1 atom stereocenters. The molecule has 0 bridgehead atoms. The molecular formula is C13H21NO4S. The van der Waals surface area contributed by atoms with Gasteiger partial charge >= 0.3 is 0 Å². The second-order valence-electron chi connectivity index (χ2n) is 5.57. The Morgan fingerprint density at radius 1 is 1.26 bits per heavy atom. The Morgan fingerprint density at radius 2 is 1.79 bits per heavy atom. The summed E-state index contributed by atoms with van der Waals surface area (Å²) in [5, 5.41) is 0. The average molecular weight is 287 g/mol. The van der Waals surface area contributed by atoms with Crippen molar-refractivity contribution >= 4 is 10.1 Å². The third-order valence-electron chi connectivity index (χ3n) is 2.27. The molecule has 0 aliphatic rings. The van der Waals surface area contributed by atoms with E-state index in [-0.39, 0.29) is 5.60 Å². The first-order chi connectivity index (χ1) is 8.55. The standard InChI is InChI=1S/C13H21NO4S/c1-13(2,3)18-12-6-4-10(5-7-12)8-11(14)9-19(15,16)17/h4-7,11H,8-9,14H2,1-3H3,(H,15,16,17)/t11-/m1/s1. The first-order valence-corrected chi connectivity index (χ1v) is 7.65. The van der Waals surface area contributed by atoms with Crippen molar-refractivity contribution in [1.29, 1.82) is 0 Å². The predicted octanol–water partition coefficient (Wildman–Crippen LogP) is 1.62. The van der Waals surface area contributed by atoms with Gasteiger partial charge in [0.05, 0.1) is 5.75 Å². The highest BCUT2D eigenvalue weighted by Crippen LogP contribution is 2.19. The lowest BCUT2D eigenvalue weighted by Gasteiger charge is -2.21. The van der Waals surface area contributed by atoms with Crippen molar-refractivity contribution < 1.29 is 17.7 Å². The van der Waals surface area contributed by atoms with E-state index in [9.17, 15) is 8.42 Å². The van der Waals surface area contributed by atoms with E-state index in [1.54, 1.807) is 0 Å². The number of ether oxygens (including phenoxy) is 1. The monoisotopic (exact) mass is 287 g/mol. The molecule has 3 N–H and O–H groups in total. The van der Waals surface area contributed by atoms with Gasteiger partial charge in [-0.05, 0) is 44.9 Å². The van der Waals surface area contributed by atoms with Crippen LogP contribution in [0.15, 0.2) is 24.3 Å². The Kier molecular flexibility index (Phi) is 4.95. The fourth-order valence-corrected chi connectivity index (χ4v) is 2.34. The van der Waals surface area contributed by atoms with Crippen molar-refractivity contribution in [2.45, 2.75) is 38.8 Å². The minimum atomic E-state index is -4.03. The molecule has 0 saturated heterocycles. The molecule has 0 radical (unpaired) electrons. The summed E-state index contributed by atoms with van der Waals surface area (Å²) in [4.78, 5) is 0. The summed E-state index contributed by atoms with van der Waals surface area (Å²) in [5.74, 6) is 0.312. The minimum Gasteiger partial charge on any atom is -0.488 e. The van der Waals surface area contributed by atoms with Gasteiger partial charge in [-0.2, -0.15) is 8.42 Å². The van der Waals surface area contributed by atoms with Crippen LogP contribution in [-0.2, 0) is 16.5 Å². The Hall–Kier alpha value is -1.11. The van der Waals surface area contributed by atoms with Gasteiger partial charge in [-0.25, -0.2) is 0 Å². The topological polar surface area (TPSA) is 89.6 Å². The summed E-state index contributed by atoms with van der Waals surface area (Å²) < 4.78 is 35.8. The van der Waals surface area contributed by atoms with E-state index in [1.807, 2.05) is 45.0 Å². The first-order valence-electron chi connectivity index (χ1n) is 6.04. The molecule has 0 fully saturated rings. The van der Waals surface area contributed by atoms with E-state index in [0.717, 1.165) is 11.3 Å². The van der Waals surface area contributed by atoms with Crippen LogP contribution in [0.1, 0.15) is 26.3 Å². The number of rotatable bonds is 5. The highest BCUT2D eigenvalue weighted by atomic mass is 32.2. The van der Waals surface area contributed by atoms with Gasteiger partial charge in [0.2, 0.25) is 0 Å². The van der Waals surface area contributed by atoms with E-state index in [4.69, 9.17) is 15.0 Å². The molecule has 5 nitrogen and oxygen atoms in total. The zero-order valence-corrected chi connectivity index (χ0v) is 12.3. The normalized spacial score (nSPS) is 14.2. The van der Waals surface area contributed by atoms with Gasteiger partial charge in [-0.1, -0.05) is 12.1 Å². The van der Waals surface area contributed by atoms with Crippen molar-refractivity contribution in [2.75, 3.05) is 5.75 Å². The van der Waals surface area contributed by atoms with Crippen LogP contribution in [-0.4, -0.2) is 30.4 Å². The largest absolute Gasteiger partial charge is 0.488 e. The maximum atomic E-state index is 10.7. The summed E-state index contributed by atoms with van der Waals surface area (Å²) in [7, 11) is -4.03. The molecule has 19 heavy (non-hydrogen) atoms. The summed E-state index contributed by atoms with van der Waals surface area (Å²) in [6.45, 7) is 5.88. The number of benzene rings is 1. The fraction of sp³-hybridized carbons (Fsp3) is 0.538. The molecule has 1 rings (SSSR count). The maximum Gasteiger partial charge on any atom is 0.266 e. The quantitative estimate of drug-likeness (QED) is 0.803. The van der Waals surface area contributed by atoms with Crippen LogP contribution in [0.25, 0.3) is 0 Å². The number of nitrogens with two attached hydrogens (primary N) is 1. The summed E-state index contributed by atoms with van der Waals surface area (Å²) in [6.07, 6.45) is 0.385. The molecule has 0 unspecified atom stereocenters. The molecule has 0 aliphatic heterocycles. The van der Waals surface area contributed by atoms with Gasteiger partial charge in [0.1, 0.15) is 11.4 Å². The Labute approximate surface area is 114 Å². The van der Waals surface area contributed by atoms with Crippen LogP contribution >= 0.6 is 0 Å². The van der Waals surface area contributed by atoms with E-state index in [2.05, 4.69) is 0 Å². The highest BCUT2D eigenvalue weighted by molar-refractivity contribution is 7.85. The summed E-state index contributed by atoms with van der Waals surface area (Å²) in [6, 6.07) is 6.70. The number of hydrogen-bond donors (Lipinski definition) is 2. The van der Waals surface area contributed by atoms with E-state index < -0.39 is 21.9 Å². The lowest BCUT2D eigenvalue weighted by Crippen LogP contribution is -2.31. The second-order valence-corrected chi connectivity index (χ2v) is 7.07. The van der Waals surface area contributed by atoms with E-state index in [1.165, 1.54) is 0 Å². The van der Waals surface area contributed by atoms with Gasteiger partial charge in [0.25, 0.3) is 10.1 Å².